The minimum Gasteiger partial charge on any atom is -0.756 e. The van der Waals surface area contributed by atoms with Crippen LogP contribution in [0.3, 0.4) is 0 Å². The number of amides is 2. The highest BCUT2D eigenvalue weighted by Crippen LogP contribution is 2.63. The van der Waals surface area contributed by atoms with Crippen LogP contribution < -0.4 is 15.1 Å². The molecule has 0 bridgehead atoms. The summed E-state index contributed by atoms with van der Waals surface area (Å²) < 4.78 is 54.6. The highest BCUT2D eigenvalue weighted by Gasteiger charge is 2.58. The number of aliphatic hydroxyl groups excluding tert-OH is 3. The number of nitrogens with zero attached hydrogens (tertiary/aromatic N) is 1. The first kappa shape index (κ1) is 26.5. The Labute approximate surface area is 173 Å². The fourth-order valence-electron chi connectivity index (χ4n) is 2.48. The van der Waals surface area contributed by atoms with Crippen LogP contribution in [0.15, 0.2) is 12.3 Å². The summed E-state index contributed by atoms with van der Waals surface area (Å²) in [4.78, 5) is 52.1. The average Bonchev–Trinajstić information content (AvgIpc) is 2.82. The summed E-state index contributed by atoms with van der Waals surface area (Å²) in [6.07, 6.45) is -4.89. The van der Waals surface area contributed by atoms with Crippen molar-refractivity contribution in [2.45, 2.75) is 30.5 Å². The van der Waals surface area contributed by atoms with Gasteiger partial charge in [-0.15, -0.1) is 0 Å². The van der Waals surface area contributed by atoms with Crippen LogP contribution in [-0.4, -0.2) is 80.2 Å². The summed E-state index contributed by atoms with van der Waals surface area (Å²) in [5.74, 6) is -2.46. The molecule has 8 atom stereocenters. The molecule has 21 heteroatoms. The van der Waals surface area contributed by atoms with Crippen molar-refractivity contribution in [3.63, 3.8) is 0 Å². The molecule has 1 saturated heterocycles. The molecule has 2 aliphatic rings. The summed E-state index contributed by atoms with van der Waals surface area (Å²) in [5.41, 5.74) is 0. The number of hydrogen-bond donors (Lipinski definition) is 6. The molecule has 2 aliphatic heterocycles. The molecule has 2 heterocycles. The minimum absolute atomic E-state index is 0.698. The molecule has 4 unspecified atom stereocenters. The zero-order chi connectivity index (χ0) is 23.8. The second-order valence-corrected chi connectivity index (χ2v) is 10.3. The quantitative estimate of drug-likeness (QED) is 0.162. The highest BCUT2D eigenvalue weighted by atomic mass is 31.3. The van der Waals surface area contributed by atoms with Crippen LogP contribution in [0.25, 0.3) is 0 Å². The Bertz CT molecular complexity index is 861. The Balaban J connectivity index is 2.14. The van der Waals surface area contributed by atoms with Gasteiger partial charge in [0.2, 0.25) is 5.79 Å². The van der Waals surface area contributed by atoms with E-state index in [0.717, 1.165) is 19.4 Å². The summed E-state index contributed by atoms with van der Waals surface area (Å²) in [6, 6.07) is -0.967. The monoisotopic (exact) mass is 514 g/mol. The molecule has 0 aromatic rings. The third kappa shape index (κ3) is 6.61. The first-order chi connectivity index (χ1) is 14.0. The SMILES string of the molecule is CO[C@]1(COP(=O)(O)OP(=O)([O-])OP(=O)([O-])O)O[C@@H](N2C=CC(O)NC2=O)[C@H](O)[C@@H]1O. The minimum atomic E-state index is -6.10. The first-order valence-electron chi connectivity index (χ1n) is 7.80. The lowest BCUT2D eigenvalue weighted by atomic mass is 10.1. The molecule has 2 rings (SSSR count). The standard InChI is InChI=1S/C10H19N2O16P3/c1-24-10(4-25-30(20,21)28-31(22,23)27-29(17,18)19)7(15)6(14)8(26-10)12-3-2-5(13)11-9(12)16/h2-3,5-8,13-15H,4H2,1H3,(H,11,16)(H,20,21)(H,22,23)(H2,17,18,19)/p-2/t5?,6-,7+,8-,10-/m1/s1. The maximum atomic E-state index is 11.9. The number of carbonyl (C=O) groups excluding carboxylic acids is 1. The van der Waals surface area contributed by atoms with Gasteiger partial charge in [-0.2, -0.15) is 0 Å². The second-order valence-electron chi connectivity index (χ2n) is 5.92. The van der Waals surface area contributed by atoms with E-state index < -0.39 is 66.6 Å². The van der Waals surface area contributed by atoms with Gasteiger partial charge in [0.15, 0.2) is 6.23 Å². The van der Waals surface area contributed by atoms with E-state index in [4.69, 9.17) is 14.4 Å². The van der Waals surface area contributed by atoms with Gasteiger partial charge < -0.3 is 49.7 Å². The molecule has 0 aromatic carbocycles. The number of urea groups is 1. The number of aliphatic hydroxyl groups is 3. The number of methoxy groups -OCH3 is 1. The third-order valence-electron chi connectivity index (χ3n) is 3.78. The lowest BCUT2D eigenvalue weighted by Gasteiger charge is -2.33. The smallest absolute Gasteiger partial charge is 0.478 e. The Morgan fingerprint density at radius 1 is 1.23 bits per heavy atom. The van der Waals surface area contributed by atoms with E-state index in [-0.39, 0.29) is 0 Å². The lowest BCUT2D eigenvalue weighted by molar-refractivity contribution is -0.268. The normalized spacial score (nSPS) is 37.0. The largest absolute Gasteiger partial charge is 0.756 e. The number of phosphoric acid groups is 3. The summed E-state index contributed by atoms with van der Waals surface area (Å²) in [6.45, 7) is -1.30. The van der Waals surface area contributed by atoms with Crippen LogP contribution >= 0.6 is 23.5 Å². The van der Waals surface area contributed by atoms with Crippen LogP contribution in [-0.2, 0) is 36.3 Å². The molecule has 2 amide bonds. The van der Waals surface area contributed by atoms with Crippen molar-refractivity contribution in [3.05, 3.63) is 12.3 Å². The van der Waals surface area contributed by atoms with Gasteiger partial charge in [0.1, 0.15) is 25.0 Å². The zero-order valence-corrected chi connectivity index (χ0v) is 17.9. The predicted molar refractivity (Wildman–Crippen MR) is 87.5 cm³/mol. The Hall–Kier alpha value is -0.780. The molecule has 0 aromatic heterocycles. The molecule has 0 spiro atoms. The number of ether oxygens (including phenoxy) is 2. The van der Waals surface area contributed by atoms with Crippen LogP contribution in [0.5, 0.6) is 0 Å². The summed E-state index contributed by atoms with van der Waals surface area (Å²) >= 11 is 0. The maximum Gasteiger partial charge on any atom is 0.478 e. The Kier molecular flexibility index (Phi) is 7.88. The van der Waals surface area contributed by atoms with E-state index in [2.05, 4.69) is 13.1 Å². The third-order valence-corrected chi connectivity index (χ3v) is 7.48. The lowest BCUT2D eigenvalue weighted by Crippen LogP contribution is -2.53. The molecule has 31 heavy (non-hydrogen) atoms. The number of carbonyl (C=O) groups is 1. The zero-order valence-electron chi connectivity index (χ0n) is 15.2. The van der Waals surface area contributed by atoms with Crippen molar-refractivity contribution in [2.75, 3.05) is 13.7 Å². The van der Waals surface area contributed by atoms with Gasteiger partial charge in [-0.05, 0) is 6.08 Å². The molecular weight excluding hydrogens is 497 g/mol. The summed E-state index contributed by atoms with van der Waals surface area (Å²) in [7, 11) is -16.8. The molecule has 1 fully saturated rings. The number of phosphoric ester groups is 1. The van der Waals surface area contributed by atoms with Gasteiger partial charge in [0, 0.05) is 13.3 Å². The van der Waals surface area contributed by atoms with E-state index in [9.17, 15) is 48.5 Å². The van der Waals surface area contributed by atoms with E-state index in [0.29, 0.717) is 4.90 Å². The van der Waals surface area contributed by atoms with Crippen molar-refractivity contribution >= 4 is 29.5 Å². The van der Waals surface area contributed by atoms with E-state index in [1.54, 1.807) is 0 Å². The molecule has 18 nitrogen and oxygen atoms in total. The molecule has 0 aliphatic carbocycles. The van der Waals surface area contributed by atoms with Gasteiger partial charge in [0.05, 0.1) is 0 Å². The molecule has 0 radical (unpaired) electrons. The van der Waals surface area contributed by atoms with Gasteiger partial charge in [0.25, 0.3) is 15.6 Å². The molecular formula is C10H17N2O16P3-2. The van der Waals surface area contributed by atoms with Crippen LogP contribution in [0.2, 0.25) is 0 Å². The maximum absolute atomic E-state index is 11.9. The van der Waals surface area contributed by atoms with Crippen LogP contribution in [0.4, 0.5) is 4.79 Å². The molecule has 6 N–H and O–H groups in total. The van der Waals surface area contributed by atoms with Crippen molar-refractivity contribution in [3.8, 4) is 0 Å². The van der Waals surface area contributed by atoms with E-state index in [1.165, 1.54) is 0 Å². The van der Waals surface area contributed by atoms with Crippen LogP contribution in [0, 0.1) is 0 Å². The topological polar surface area (TPSA) is 277 Å². The van der Waals surface area contributed by atoms with Gasteiger partial charge in [-0.3, -0.25) is 18.6 Å². The summed E-state index contributed by atoms with van der Waals surface area (Å²) in [5, 5.41) is 31.8. The highest BCUT2D eigenvalue weighted by molar-refractivity contribution is 7.65. The second kappa shape index (κ2) is 9.23. The Morgan fingerprint density at radius 3 is 2.35 bits per heavy atom. The number of hydrogen-bond acceptors (Lipinski definition) is 14. The average molecular weight is 514 g/mol. The molecule has 180 valence electrons. The van der Waals surface area contributed by atoms with Crippen LogP contribution in [0.1, 0.15) is 0 Å². The van der Waals surface area contributed by atoms with Gasteiger partial charge >= 0.3 is 13.9 Å². The van der Waals surface area contributed by atoms with E-state index >= 15 is 0 Å². The van der Waals surface area contributed by atoms with E-state index in [1.807, 2.05) is 5.32 Å². The van der Waals surface area contributed by atoms with Crippen molar-refractivity contribution < 1.29 is 76.0 Å². The number of nitrogens with one attached hydrogen (secondary N) is 1. The van der Waals surface area contributed by atoms with Gasteiger partial charge in [-0.25, -0.2) is 18.0 Å². The van der Waals surface area contributed by atoms with Gasteiger partial charge in [-0.1, -0.05) is 0 Å². The Morgan fingerprint density at radius 2 is 1.84 bits per heavy atom. The fraction of sp³-hybridized carbons (Fsp3) is 0.700. The molecule has 0 saturated carbocycles. The van der Waals surface area contributed by atoms with Crippen molar-refractivity contribution in [2.24, 2.45) is 0 Å². The first-order valence-corrected chi connectivity index (χ1v) is 12.3. The number of rotatable bonds is 9. The predicted octanol–water partition coefficient (Wildman–Crippen LogP) is -3.66. The van der Waals surface area contributed by atoms with Crippen molar-refractivity contribution in [1.82, 2.24) is 10.2 Å². The fourth-order valence-corrected chi connectivity index (χ4v) is 5.42. The van der Waals surface area contributed by atoms with Crippen molar-refractivity contribution in [1.29, 1.82) is 0 Å².